The zero-order valence-corrected chi connectivity index (χ0v) is 15.5. The molecule has 154 valence electrons. The number of nitrogens with zero attached hydrogens (tertiary/aromatic N) is 1. The van der Waals surface area contributed by atoms with Crippen molar-refractivity contribution in [3.63, 3.8) is 0 Å². The Morgan fingerprint density at radius 3 is 2.53 bits per heavy atom. The Morgan fingerprint density at radius 1 is 1.07 bits per heavy atom. The van der Waals surface area contributed by atoms with E-state index in [4.69, 9.17) is 4.74 Å². The third-order valence-corrected chi connectivity index (χ3v) is 4.54. The smallest absolute Gasteiger partial charge is 0.416 e. The number of rotatable bonds is 5. The first kappa shape index (κ1) is 19.9. The second-order valence-electron chi connectivity index (χ2n) is 6.96. The highest BCUT2D eigenvalue weighted by Crippen LogP contribution is 2.36. The van der Waals surface area contributed by atoms with Gasteiger partial charge < -0.3 is 10.1 Å². The van der Waals surface area contributed by atoms with E-state index >= 15 is 0 Å². The first-order chi connectivity index (χ1) is 14.3. The maximum atomic E-state index is 13.8. The summed E-state index contributed by atoms with van der Waals surface area (Å²) in [6.07, 6.45) is -1.42. The molecule has 1 aliphatic carbocycles. The predicted molar refractivity (Wildman–Crippen MR) is 102 cm³/mol. The molecule has 0 radical (unpaired) electrons. The van der Waals surface area contributed by atoms with Gasteiger partial charge in [-0.25, -0.2) is 9.37 Å². The molecule has 0 atom stereocenters. The standard InChI is InChI=1S/C22H16F4N2O2/c23-16-5-1-3-13(9-16)19-10-14(20(29)28-17-7-8-17)12-27-21(19)30-18-6-2-4-15(11-18)22(24,25)26/h1-6,9-12,17H,7-8H2,(H,28,29). The number of ether oxygens (including phenoxy) is 1. The van der Waals surface area contributed by atoms with Crippen LogP contribution in [-0.4, -0.2) is 16.9 Å². The molecule has 3 aromatic rings. The Labute approximate surface area is 169 Å². The van der Waals surface area contributed by atoms with Gasteiger partial charge in [-0.05, 0) is 54.8 Å². The van der Waals surface area contributed by atoms with Crippen LogP contribution in [0, 0.1) is 5.82 Å². The molecule has 30 heavy (non-hydrogen) atoms. The van der Waals surface area contributed by atoms with Gasteiger partial charge in [-0.1, -0.05) is 18.2 Å². The van der Waals surface area contributed by atoms with Crippen molar-refractivity contribution >= 4 is 5.91 Å². The first-order valence-electron chi connectivity index (χ1n) is 9.21. The van der Waals surface area contributed by atoms with Crippen molar-refractivity contribution < 1.29 is 27.1 Å². The van der Waals surface area contributed by atoms with E-state index in [2.05, 4.69) is 10.3 Å². The topological polar surface area (TPSA) is 51.2 Å². The fourth-order valence-corrected chi connectivity index (χ4v) is 2.86. The van der Waals surface area contributed by atoms with Gasteiger partial charge in [0.05, 0.1) is 11.1 Å². The summed E-state index contributed by atoms with van der Waals surface area (Å²) in [6, 6.07) is 11.6. The third-order valence-electron chi connectivity index (χ3n) is 4.54. The second-order valence-corrected chi connectivity index (χ2v) is 6.96. The number of halogens is 4. The summed E-state index contributed by atoms with van der Waals surface area (Å²) in [5.41, 5.74) is 0.0474. The molecule has 8 heteroatoms. The lowest BCUT2D eigenvalue weighted by atomic mass is 10.0. The molecule has 1 saturated carbocycles. The fraction of sp³-hybridized carbons (Fsp3) is 0.182. The lowest BCUT2D eigenvalue weighted by Crippen LogP contribution is -2.25. The predicted octanol–water partition coefficient (Wildman–Crippen LogP) is 5.59. The van der Waals surface area contributed by atoms with Crippen LogP contribution >= 0.6 is 0 Å². The lowest BCUT2D eigenvalue weighted by Gasteiger charge is -2.14. The monoisotopic (exact) mass is 416 g/mol. The van der Waals surface area contributed by atoms with Gasteiger partial charge in [0.2, 0.25) is 5.88 Å². The van der Waals surface area contributed by atoms with Gasteiger partial charge in [-0.15, -0.1) is 0 Å². The van der Waals surface area contributed by atoms with E-state index in [1.54, 1.807) is 6.07 Å². The largest absolute Gasteiger partial charge is 0.438 e. The number of aromatic nitrogens is 1. The van der Waals surface area contributed by atoms with E-state index < -0.39 is 17.6 Å². The van der Waals surface area contributed by atoms with E-state index in [9.17, 15) is 22.4 Å². The lowest BCUT2D eigenvalue weighted by molar-refractivity contribution is -0.137. The maximum absolute atomic E-state index is 13.8. The van der Waals surface area contributed by atoms with Gasteiger partial charge in [-0.3, -0.25) is 4.79 Å². The van der Waals surface area contributed by atoms with E-state index in [1.807, 2.05) is 0 Å². The summed E-state index contributed by atoms with van der Waals surface area (Å²) in [6.45, 7) is 0. The number of pyridine rings is 1. The summed E-state index contributed by atoms with van der Waals surface area (Å²) >= 11 is 0. The molecule has 0 bridgehead atoms. The molecule has 0 unspecified atom stereocenters. The van der Waals surface area contributed by atoms with Crippen LogP contribution in [0.15, 0.2) is 60.8 Å². The SMILES string of the molecule is O=C(NC1CC1)c1cnc(Oc2cccc(C(F)(F)F)c2)c(-c2cccc(F)c2)c1. The summed E-state index contributed by atoms with van der Waals surface area (Å²) in [4.78, 5) is 16.5. The molecule has 0 saturated heterocycles. The van der Waals surface area contributed by atoms with Crippen molar-refractivity contribution in [2.24, 2.45) is 0 Å². The minimum atomic E-state index is -4.52. The van der Waals surface area contributed by atoms with Crippen molar-refractivity contribution in [1.29, 1.82) is 0 Å². The van der Waals surface area contributed by atoms with E-state index in [0.717, 1.165) is 25.0 Å². The van der Waals surface area contributed by atoms with E-state index in [1.165, 1.54) is 42.6 Å². The molecular formula is C22H16F4N2O2. The summed E-state index contributed by atoms with van der Waals surface area (Å²) in [5, 5.41) is 2.83. The average Bonchev–Trinajstić information content (AvgIpc) is 3.52. The quantitative estimate of drug-likeness (QED) is 0.552. The molecule has 4 nitrogen and oxygen atoms in total. The van der Waals surface area contributed by atoms with Crippen molar-refractivity contribution in [2.75, 3.05) is 0 Å². The number of hydrogen-bond donors (Lipinski definition) is 1. The Bertz CT molecular complexity index is 1090. The Balaban J connectivity index is 1.72. The van der Waals surface area contributed by atoms with Crippen LogP contribution in [0.4, 0.5) is 17.6 Å². The van der Waals surface area contributed by atoms with Crippen LogP contribution in [0.5, 0.6) is 11.6 Å². The van der Waals surface area contributed by atoms with Crippen LogP contribution in [0.2, 0.25) is 0 Å². The van der Waals surface area contributed by atoms with Crippen molar-refractivity contribution in [2.45, 2.75) is 25.1 Å². The van der Waals surface area contributed by atoms with E-state index in [0.29, 0.717) is 5.56 Å². The van der Waals surface area contributed by atoms with Crippen molar-refractivity contribution in [1.82, 2.24) is 10.3 Å². The van der Waals surface area contributed by atoms with Crippen LogP contribution in [-0.2, 0) is 6.18 Å². The molecule has 1 amide bonds. The fourth-order valence-electron chi connectivity index (χ4n) is 2.86. The van der Waals surface area contributed by atoms with Gasteiger partial charge in [0.15, 0.2) is 0 Å². The first-order valence-corrected chi connectivity index (χ1v) is 9.21. The molecular weight excluding hydrogens is 400 g/mol. The highest BCUT2D eigenvalue weighted by Gasteiger charge is 2.31. The van der Waals surface area contributed by atoms with Gasteiger partial charge in [0, 0.05) is 17.8 Å². The zero-order valence-electron chi connectivity index (χ0n) is 15.5. The molecule has 0 spiro atoms. The molecule has 1 N–H and O–H groups in total. The molecule has 1 heterocycles. The molecule has 1 fully saturated rings. The van der Waals surface area contributed by atoms with Crippen LogP contribution in [0.25, 0.3) is 11.1 Å². The number of benzene rings is 2. The maximum Gasteiger partial charge on any atom is 0.416 e. The van der Waals surface area contributed by atoms with Gasteiger partial charge >= 0.3 is 6.18 Å². The summed E-state index contributed by atoms with van der Waals surface area (Å²) < 4.78 is 58.3. The minimum absolute atomic E-state index is 0.0390. The molecule has 0 aliphatic heterocycles. The molecule has 1 aromatic heterocycles. The van der Waals surface area contributed by atoms with Crippen LogP contribution in [0.1, 0.15) is 28.8 Å². The second kappa shape index (κ2) is 7.78. The number of alkyl halides is 3. The van der Waals surface area contributed by atoms with E-state index in [-0.39, 0.29) is 34.7 Å². The Kier molecular flexibility index (Phi) is 5.15. The molecule has 2 aromatic carbocycles. The van der Waals surface area contributed by atoms with Crippen molar-refractivity contribution in [3.05, 3.63) is 77.7 Å². The van der Waals surface area contributed by atoms with Gasteiger partial charge in [0.25, 0.3) is 5.91 Å². The van der Waals surface area contributed by atoms with Crippen LogP contribution in [0.3, 0.4) is 0 Å². The van der Waals surface area contributed by atoms with Crippen LogP contribution < -0.4 is 10.1 Å². The Hall–Kier alpha value is -3.42. The summed E-state index contributed by atoms with van der Waals surface area (Å²) in [7, 11) is 0. The number of amides is 1. The number of carbonyl (C=O) groups is 1. The molecule has 4 rings (SSSR count). The number of hydrogen-bond acceptors (Lipinski definition) is 3. The normalized spacial score (nSPS) is 13.7. The summed E-state index contributed by atoms with van der Waals surface area (Å²) in [5.74, 6) is -0.952. The van der Waals surface area contributed by atoms with Gasteiger partial charge in [0.1, 0.15) is 11.6 Å². The minimum Gasteiger partial charge on any atom is -0.438 e. The number of carbonyl (C=O) groups excluding carboxylic acids is 1. The van der Waals surface area contributed by atoms with Crippen molar-refractivity contribution in [3.8, 4) is 22.8 Å². The van der Waals surface area contributed by atoms with Gasteiger partial charge in [-0.2, -0.15) is 13.2 Å². The Morgan fingerprint density at radius 2 is 1.83 bits per heavy atom. The number of nitrogens with one attached hydrogen (secondary N) is 1. The highest BCUT2D eigenvalue weighted by atomic mass is 19.4. The highest BCUT2D eigenvalue weighted by molar-refractivity contribution is 5.96. The third kappa shape index (κ3) is 4.59. The zero-order chi connectivity index (χ0) is 21.3. The average molecular weight is 416 g/mol. The molecule has 1 aliphatic rings.